The molecule has 9 heavy (non-hydrogen) atoms. The van der Waals surface area contributed by atoms with Crippen molar-refractivity contribution in [2.75, 3.05) is 11.8 Å². The third kappa shape index (κ3) is 2.90. The lowest BCUT2D eigenvalue weighted by Crippen LogP contribution is -2.28. The fourth-order valence-electron chi connectivity index (χ4n) is 0.309. The Bertz CT molecular complexity index is 123. The second kappa shape index (κ2) is 3.94. The fourth-order valence-corrected chi connectivity index (χ4v) is 0.815. The largest absolute Gasteiger partial charge is 0.374 e. The van der Waals surface area contributed by atoms with Crippen LogP contribution in [-0.2, 0) is 0 Å². The molecule has 0 aromatic rings. The van der Waals surface area contributed by atoms with E-state index < -0.39 is 5.60 Å². The molecule has 0 aromatic carbocycles. The van der Waals surface area contributed by atoms with E-state index in [0.717, 1.165) is 0 Å². The van der Waals surface area contributed by atoms with Gasteiger partial charge in [-0.25, -0.2) is 0 Å². The van der Waals surface area contributed by atoms with Crippen LogP contribution < -0.4 is 0 Å². The van der Waals surface area contributed by atoms with Crippen LogP contribution in [0.15, 0.2) is 0 Å². The molecule has 0 heterocycles. The first-order valence-corrected chi connectivity index (χ1v) is 3.51. The maximum Gasteiger partial charge on any atom is 0.165 e. The number of nitriles is 1. The van der Waals surface area contributed by atoms with E-state index in [0.29, 0.717) is 0 Å². The van der Waals surface area contributed by atoms with Crippen LogP contribution in [-0.4, -0.2) is 22.5 Å². The maximum absolute atomic E-state index is 9.05. The van der Waals surface area contributed by atoms with Gasteiger partial charge in [-0.15, -0.1) is 23.2 Å². The van der Waals surface area contributed by atoms with Gasteiger partial charge in [0.2, 0.25) is 0 Å². The maximum atomic E-state index is 9.05. The Morgan fingerprint density at radius 2 is 2.11 bits per heavy atom. The Hall–Kier alpha value is 0.0300. The van der Waals surface area contributed by atoms with Crippen molar-refractivity contribution >= 4 is 23.2 Å². The van der Waals surface area contributed by atoms with Crippen LogP contribution >= 0.6 is 23.2 Å². The zero-order valence-corrected chi connectivity index (χ0v) is 6.28. The van der Waals surface area contributed by atoms with E-state index in [-0.39, 0.29) is 18.2 Å². The molecule has 0 bridgehead atoms. The van der Waals surface area contributed by atoms with Crippen molar-refractivity contribution in [3.05, 3.63) is 0 Å². The smallest absolute Gasteiger partial charge is 0.165 e. The SMILES string of the molecule is N#CC(O)(CCl)CCCl. The van der Waals surface area contributed by atoms with Gasteiger partial charge in [0.05, 0.1) is 11.9 Å². The second-order valence-corrected chi connectivity index (χ2v) is 2.36. The Kier molecular flexibility index (Phi) is 3.96. The molecule has 52 valence electrons. The van der Waals surface area contributed by atoms with Crippen molar-refractivity contribution in [3.63, 3.8) is 0 Å². The van der Waals surface area contributed by atoms with Crippen LogP contribution in [0.3, 0.4) is 0 Å². The molecule has 0 saturated carbocycles. The summed E-state index contributed by atoms with van der Waals surface area (Å²) < 4.78 is 0. The van der Waals surface area contributed by atoms with E-state index >= 15 is 0 Å². The lowest BCUT2D eigenvalue weighted by molar-refractivity contribution is 0.120. The summed E-state index contributed by atoms with van der Waals surface area (Å²) in [5.41, 5.74) is -1.43. The monoisotopic (exact) mass is 167 g/mol. The van der Waals surface area contributed by atoms with Crippen LogP contribution in [0.2, 0.25) is 0 Å². The summed E-state index contributed by atoms with van der Waals surface area (Å²) in [7, 11) is 0. The third-order valence-electron chi connectivity index (χ3n) is 0.937. The topological polar surface area (TPSA) is 44.0 Å². The van der Waals surface area contributed by atoms with Gasteiger partial charge in [-0.2, -0.15) is 5.26 Å². The Morgan fingerprint density at radius 1 is 1.56 bits per heavy atom. The van der Waals surface area contributed by atoms with Crippen molar-refractivity contribution in [3.8, 4) is 6.07 Å². The zero-order chi connectivity index (χ0) is 7.33. The second-order valence-electron chi connectivity index (χ2n) is 1.72. The minimum atomic E-state index is -1.43. The van der Waals surface area contributed by atoms with Crippen LogP contribution in [0.4, 0.5) is 0 Å². The van der Waals surface area contributed by atoms with Gasteiger partial charge >= 0.3 is 0 Å². The number of nitrogens with zero attached hydrogens (tertiary/aromatic N) is 1. The molecule has 4 heteroatoms. The van der Waals surface area contributed by atoms with Crippen molar-refractivity contribution in [2.24, 2.45) is 0 Å². The lowest BCUT2D eigenvalue weighted by atomic mass is 10.1. The average molecular weight is 168 g/mol. The van der Waals surface area contributed by atoms with E-state index in [1.54, 1.807) is 6.07 Å². The van der Waals surface area contributed by atoms with Gasteiger partial charge in [-0.05, 0) is 0 Å². The molecule has 0 amide bonds. The van der Waals surface area contributed by atoms with Gasteiger partial charge in [-0.3, -0.25) is 0 Å². The number of aliphatic hydroxyl groups is 1. The molecule has 0 spiro atoms. The quantitative estimate of drug-likeness (QED) is 0.506. The number of alkyl halides is 2. The first kappa shape index (κ1) is 9.03. The van der Waals surface area contributed by atoms with Crippen molar-refractivity contribution in [1.29, 1.82) is 5.26 Å². The number of hydrogen-bond donors (Lipinski definition) is 1. The molecule has 0 aliphatic heterocycles. The number of halogens is 2. The van der Waals surface area contributed by atoms with E-state index in [2.05, 4.69) is 0 Å². The summed E-state index contributed by atoms with van der Waals surface area (Å²) in [4.78, 5) is 0. The highest BCUT2D eigenvalue weighted by Gasteiger charge is 2.23. The summed E-state index contributed by atoms with van der Waals surface area (Å²) in [6.07, 6.45) is 0.217. The first-order chi connectivity index (χ1) is 4.18. The summed E-state index contributed by atoms with van der Waals surface area (Å²) in [5.74, 6) is 0.160. The molecule has 0 rings (SSSR count). The molecule has 2 nitrogen and oxygen atoms in total. The van der Waals surface area contributed by atoms with Crippen LogP contribution in [0.1, 0.15) is 6.42 Å². The molecule has 0 aliphatic rings. The summed E-state index contributed by atoms with van der Waals surface area (Å²) in [6, 6.07) is 1.67. The van der Waals surface area contributed by atoms with E-state index in [1.807, 2.05) is 0 Å². The van der Waals surface area contributed by atoms with E-state index in [1.165, 1.54) is 0 Å². The normalized spacial score (nSPS) is 16.2. The predicted molar refractivity (Wildman–Crippen MR) is 36.6 cm³/mol. The summed E-state index contributed by atoms with van der Waals surface area (Å²) in [6.45, 7) is 0. The van der Waals surface area contributed by atoms with Gasteiger partial charge in [0.1, 0.15) is 0 Å². The standard InChI is InChI=1S/C5H7Cl2NO/c6-2-1-5(9,3-7)4-8/h9H,1-3H2. The molecular weight excluding hydrogens is 161 g/mol. The predicted octanol–water partition coefficient (Wildman–Crippen LogP) is 1.11. The molecule has 1 N–H and O–H groups in total. The first-order valence-electron chi connectivity index (χ1n) is 2.44. The highest BCUT2D eigenvalue weighted by atomic mass is 35.5. The minimum Gasteiger partial charge on any atom is -0.374 e. The number of rotatable bonds is 3. The molecule has 0 aromatic heterocycles. The number of hydrogen-bond acceptors (Lipinski definition) is 2. The molecule has 0 aliphatic carbocycles. The third-order valence-corrected chi connectivity index (χ3v) is 1.57. The molecule has 1 atom stereocenters. The molecule has 0 saturated heterocycles. The van der Waals surface area contributed by atoms with Crippen LogP contribution in [0.25, 0.3) is 0 Å². The van der Waals surface area contributed by atoms with Crippen LogP contribution in [0, 0.1) is 11.3 Å². The summed E-state index contributed by atoms with van der Waals surface area (Å²) >= 11 is 10.5. The highest BCUT2D eigenvalue weighted by Crippen LogP contribution is 2.11. The highest BCUT2D eigenvalue weighted by molar-refractivity contribution is 6.19. The average Bonchev–Trinajstić information content (AvgIpc) is 1.89. The van der Waals surface area contributed by atoms with Crippen molar-refractivity contribution in [2.45, 2.75) is 12.0 Å². The Labute approximate surface area is 64.0 Å². The molecule has 0 radical (unpaired) electrons. The van der Waals surface area contributed by atoms with Crippen molar-refractivity contribution in [1.82, 2.24) is 0 Å². The van der Waals surface area contributed by atoms with Gasteiger partial charge in [-0.1, -0.05) is 0 Å². The van der Waals surface area contributed by atoms with Crippen LogP contribution in [0.5, 0.6) is 0 Å². The Morgan fingerprint density at radius 3 is 2.22 bits per heavy atom. The van der Waals surface area contributed by atoms with Gasteiger partial charge < -0.3 is 5.11 Å². The summed E-state index contributed by atoms with van der Waals surface area (Å²) in [5, 5.41) is 17.3. The zero-order valence-electron chi connectivity index (χ0n) is 4.77. The molecular formula is C5H7Cl2NO. The Balaban J connectivity index is 3.81. The van der Waals surface area contributed by atoms with Gasteiger partial charge in [0.25, 0.3) is 0 Å². The molecule has 1 unspecified atom stereocenters. The van der Waals surface area contributed by atoms with Gasteiger partial charge in [0.15, 0.2) is 5.60 Å². The molecule has 0 fully saturated rings. The van der Waals surface area contributed by atoms with Crippen molar-refractivity contribution < 1.29 is 5.11 Å². The van der Waals surface area contributed by atoms with Gasteiger partial charge in [0, 0.05) is 12.3 Å². The van der Waals surface area contributed by atoms with E-state index in [4.69, 9.17) is 33.6 Å². The van der Waals surface area contributed by atoms with E-state index in [9.17, 15) is 0 Å². The minimum absolute atomic E-state index is 0.0871. The fraction of sp³-hybridized carbons (Fsp3) is 0.800. The lowest BCUT2D eigenvalue weighted by Gasteiger charge is -2.13.